The summed E-state index contributed by atoms with van der Waals surface area (Å²) in [5.41, 5.74) is 9.90. The number of fused-ring (bicyclic) bond motifs is 1. The van der Waals surface area contributed by atoms with Crippen molar-refractivity contribution in [2.24, 2.45) is 10.7 Å². The molecule has 0 fully saturated rings. The summed E-state index contributed by atoms with van der Waals surface area (Å²) in [7, 11) is 0. The predicted octanol–water partition coefficient (Wildman–Crippen LogP) is 0.821. The molecule has 1 heterocycles. The van der Waals surface area contributed by atoms with E-state index in [0.29, 0.717) is 16.7 Å². The zero-order chi connectivity index (χ0) is 39.9. The molecule has 55 heavy (non-hydrogen) atoms. The van der Waals surface area contributed by atoms with E-state index in [0.717, 1.165) is 10.9 Å². The number of carbonyl (C=O) groups excluding carboxylic acids is 4. The van der Waals surface area contributed by atoms with E-state index in [4.69, 9.17) is 5.73 Å². The molecule has 4 rings (SSSR count). The highest BCUT2D eigenvalue weighted by Gasteiger charge is 2.32. The number of carboxylic acids is 1. The Bertz CT molecular complexity index is 2000. The molecule has 18 heteroatoms. The number of rotatable bonds is 19. The number of phenols is 1. The number of carbonyl (C=O) groups is 5. The van der Waals surface area contributed by atoms with Crippen LogP contribution in [-0.4, -0.2) is 86.5 Å². The Morgan fingerprint density at radius 1 is 0.782 bits per heavy atom. The number of phenolic OH excluding ortho intramolecular Hbond substituents is 1. The number of nitrogens with one attached hydrogen (secondary N) is 6. The lowest BCUT2D eigenvalue weighted by atomic mass is 10.0. The van der Waals surface area contributed by atoms with Crippen molar-refractivity contribution in [3.8, 4) is 5.75 Å². The number of H-pyrrole nitrogens is 1. The number of aliphatic imine (C=N–C) groups is 1. The zero-order valence-corrected chi connectivity index (χ0v) is 29.9. The molecule has 3 aromatic carbocycles. The first-order valence-corrected chi connectivity index (χ1v) is 17.3. The predicted molar refractivity (Wildman–Crippen MR) is 201 cm³/mol. The number of para-hydroxylation sites is 1. The van der Waals surface area contributed by atoms with Crippen LogP contribution in [0.1, 0.15) is 36.5 Å². The van der Waals surface area contributed by atoms with Crippen LogP contribution in [0.5, 0.6) is 5.75 Å². The Labute approximate surface area is 315 Å². The van der Waals surface area contributed by atoms with Gasteiger partial charge in [-0.15, -0.1) is 0 Å². The van der Waals surface area contributed by atoms with E-state index in [9.17, 15) is 44.3 Å². The van der Waals surface area contributed by atoms with E-state index in [1.807, 2.05) is 18.2 Å². The minimum atomic E-state index is -1.40. The van der Waals surface area contributed by atoms with Crippen molar-refractivity contribution in [2.45, 2.75) is 63.2 Å². The molecule has 0 aliphatic heterocycles. The van der Waals surface area contributed by atoms with Gasteiger partial charge in [0.25, 0.3) is 5.96 Å². The summed E-state index contributed by atoms with van der Waals surface area (Å²) in [6.07, 6.45) is 1.54. The molecule has 0 saturated carbocycles. The van der Waals surface area contributed by atoms with Crippen LogP contribution in [0.3, 0.4) is 0 Å². The quantitative estimate of drug-likeness (QED) is 0.0212. The summed E-state index contributed by atoms with van der Waals surface area (Å²) < 4.78 is 0. The fourth-order valence-corrected chi connectivity index (χ4v) is 5.81. The first kappa shape index (κ1) is 40.8. The van der Waals surface area contributed by atoms with Gasteiger partial charge in [0.1, 0.15) is 29.9 Å². The number of aromatic amines is 1. The topological polar surface area (TPSA) is 283 Å². The van der Waals surface area contributed by atoms with Crippen LogP contribution in [0, 0.1) is 10.1 Å². The number of hydrogen-bond donors (Lipinski definition) is 9. The molecule has 0 bridgehead atoms. The Kier molecular flexibility index (Phi) is 14.6. The monoisotopic (exact) mass is 757 g/mol. The van der Waals surface area contributed by atoms with Gasteiger partial charge in [0.15, 0.2) is 5.03 Å². The van der Waals surface area contributed by atoms with Crippen LogP contribution >= 0.6 is 0 Å². The van der Waals surface area contributed by atoms with Gasteiger partial charge in [0.05, 0.1) is 0 Å². The molecular formula is C37H43N9O9. The summed E-state index contributed by atoms with van der Waals surface area (Å²) in [6.45, 7) is 1.15. The normalized spacial score (nSPS) is 13.4. The van der Waals surface area contributed by atoms with Gasteiger partial charge in [0, 0.05) is 49.8 Å². The van der Waals surface area contributed by atoms with Crippen LogP contribution < -0.4 is 32.4 Å². The van der Waals surface area contributed by atoms with Crippen LogP contribution in [0.4, 0.5) is 0 Å². The maximum absolute atomic E-state index is 14.0. The molecule has 0 aliphatic carbocycles. The Hall–Kier alpha value is -6.98. The van der Waals surface area contributed by atoms with Crippen molar-refractivity contribution in [2.75, 3.05) is 6.54 Å². The van der Waals surface area contributed by atoms with Crippen molar-refractivity contribution in [3.05, 3.63) is 112 Å². The molecular weight excluding hydrogens is 714 g/mol. The zero-order valence-electron chi connectivity index (χ0n) is 29.9. The number of aromatic nitrogens is 1. The standard InChI is InChI=1S/C37H43N9O9/c1-22(47)41-30(19-24-13-15-26(48)16-14-24)34(50)43-31(18-23-8-3-2-4-9-23)35(51)42-29(12-7-17-39-37(38)45-46(54)55)33(49)44-32(36(52)53)20-25-21-40-28-11-6-5-10-27(25)28/h2-6,8-11,13-16,21,29-32,40,48H,7,12,17-20H2,1H3,(H,41,47)(H,42,51)(H,43,50)(H,44,49)(H,52,53)(H3,38,39,45)/t29-,30-,31+,32-/m0/s1. The molecule has 290 valence electrons. The summed E-state index contributed by atoms with van der Waals surface area (Å²) >= 11 is 0. The number of benzene rings is 3. The maximum Gasteiger partial charge on any atom is 0.326 e. The van der Waals surface area contributed by atoms with E-state index >= 15 is 0 Å². The molecule has 4 aromatic rings. The fourth-order valence-electron chi connectivity index (χ4n) is 5.81. The van der Waals surface area contributed by atoms with E-state index < -0.39 is 64.8 Å². The summed E-state index contributed by atoms with van der Waals surface area (Å²) in [4.78, 5) is 83.7. The highest BCUT2D eigenvalue weighted by molar-refractivity contribution is 5.95. The smallest absolute Gasteiger partial charge is 0.326 e. The van der Waals surface area contributed by atoms with Crippen LogP contribution in [0.15, 0.2) is 90.1 Å². The van der Waals surface area contributed by atoms with E-state index in [1.165, 1.54) is 19.1 Å². The molecule has 0 aliphatic rings. The van der Waals surface area contributed by atoms with E-state index in [1.54, 1.807) is 60.2 Å². The minimum absolute atomic E-state index is 0.0126. The Morgan fingerprint density at radius 3 is 1.98 bits per heavy atom. The lowest BCUT2D eigenvalue weighted by Gasteiger charge is -2.26. The van der Waals surface area contributed by atoms with E-state index in [2.05, 4.69) is 31.2 Å². The minimum Gasteiger partial charge on any atom is -0.508 e. The maximum atomic E-state index is 14.0. The number of hydrazine groups is 1. The third-order valence-corrected chi connectivity index (χ3v) is 8.47. The first-order chi connectivity index (χ1) is 26.3. The van der Waals surface area contributed by atoms with Gasteiger partial charge in [-0.25, -0.2) is 19.9 Å². The lowest BCUT2D eigenvalue weighted by molar-refractivity contribution is -0.525. The fraction of sp³-hybridized carbons (Fsp3) is 0.297. The SMILES string of the molecule is CC(=O)N[C@@H](Cc1ccc(O)cc1)C(=O)N[C@H](Cc1ccccc1)C(=O)N[C@@H](CCCN=C(N)N[N+](=O)[O-])C(=O)N[C@@H](Cc1c[nH]c2ccccc12)C(=O)O. The van der Waals surface area contributed by atoms with Crippen LogP contribution in [0.25, 0.3) is 10.9 Å². The summed E-state index contributed by atoms with van der Waals surface area (Å²) in [5.74, 6) is -4.62. The number of aliphatic carboxylic acids is 1. The average Bonchev–Trinajstić information content (AvgIpc) is 3.55. The third-order valence-electron chi connectivity index (χ3n) is 8.47. The number of guanidine groups is 1. The third kappa shape index (κ3) is 12.9. The number of nitro groups is 1. The van der Waals surface area contributed by atoms with Gasteiger partial charge < -0.3 is 42.2 Å². The van der Waals surface area contributed by atoms with E-state index in [-0.39, 0.29) is 44.4 Å². The summed E-state index contributed by atoms with van der Waals surface area (Å²) in [6, 6.07) is 16.9. The highest BCUT2D eigenvalue weighted by Crippen LogP contribution is 2.19. The lowest BCUT2D eigenvalue weighted by Crippen LogP contribution is -2.58. The number of hydrogen-bond acceptors (Lipinski definition) is 9. The average molecular weight is 758 g/mol. The first-order valence-electron chi connectivity index (χ1n) is 17.3. The molecule has 4 atom stereocenters. The Morgan fingerprint density at radius 2 is 1.35 bits per heavy atom. The second kappa shape index (κ2) is 19.7. The summed E-state index contributed by atoms with van der Waals surface area (Å²) in [5, 5.41) is 40.8. The number of carboxylic acid groups (broad SMARTS) is 1. The molecule has 0 unspecified atom stereocenters. The number of nitrogens with two attached hydrogens (primary N) is 1. The van der Waals surface area contributed by atoms with Crippen molar-refractivity contribution in [1.29, 1.82) is 0 Å². The van der Waals surface area contributed by atoms with Crippen molar-refractivity contribution in [1.82, 2.24) is 31.7 Å². The van der Waals surface area contributed by atoms with Crippen molar-refractivity contribution in [3.63, 3.8) is 0 Å². The molecule has 0 spiro atoms. The van der Waals surface area contributed by atoms with Gasteiger partial charge in [-0.2, -0.15) is 0 Å². The van der Waals surface area contributed by atoms with Gasteiger partial charge >= 0.3 is 5.97 Å². The van der Waals surface area contributed by atoms with Gasteiger partial charge in [-0.1, -0.05) is 66.1 Å². The number of nitrogens with zero attached hydrogens (tertiary/aromatic N) is 2. The Balaban J connectivity index is 1.58. The van der Waals surface area contributed by atoms with Crippen molar-refractivity contribution >= 4 is 46.5 Å². The highest BCUT2D eigenvalue weighted by atomic mass is 16.7. The molecule has 0 saturated heterocycles. The molecule has 0 radical (unpaired) electrons. The number of amides is 4. The second-order valence-electron chi connectivity index (χ2n) is 12.7. The number of aromatic hydroxyl groups is 1. The largest absolute Gasteiger partial charge is 0.508 e. The molecule has 1 aromatic heterocycles. The van der Waals surface area contributed by atoms with Crippen LogP contribution in [-0.2, 0) is 43.2 Å². The van der Waals surface area contributed by atoms with Gasteiger partial charge in [-0.3, -0.25) is 19.2 Å². The van der Waals surface area contributed by atoms with Crippen LogP contribution in [0.2, 0.25) is 0 Å². The molecule has 4 amide bonds. The van der Waals surface area contributed by atoms with Crippen molar-refractivity contribution < 1.29 is 39.2 Å². The van der Waals surface area contributed by atoms with Gasteiger partial charge in [-0.05, 0) is 47.7 Å². The van der Waals surface area contributed by atoms with Gasteiger partial charge in [0.2, 0.25) is 23.6 Å². The molecule has 18 nitrogen and oxygen atoms in total. The molecule has 10 N–H and O–H groups in total. The second-order valence-corrected chi connectivity index (χ2v) is 12.7.